The molecule has 0 aromatic rings. The minimum absolute atomic E-state index is 0.254. The number of carboxylic acids is 1. The Hall–Kier alpha value is -0.610. The zero-order chi connectivity index (χ0) is 14.6. The first-order valence-corrected chi connectivity index (χ1v) is 8.21. The predicted octanol–water partition coefficient (Wildman–Crippen LogP) is 2.55. The van der Waals surface area contributed by atoms with Crippen molar-refractivity contribution in [2.75, 3.05) is 6.54 Å². The van der Waals surface area contributed by atoms with Gasteiger partial charge in [0.15, 0.2) is 0 Å². The van der Waals surface area contributed by atoms with Crippen molar-refractivity contribution >= 4 is 5.97 Å². The van der Waals surface area contributed by atoms with Crippen LogP contribution in [-0.2, 0) is 4.79 Å². The summed E-state index contributed by atoms with van der Waals surface area (Å²) >= 11 is 0. The fourth-order valence-corrected chi connectivity index (χ4v) is 3.69. The third-order valence-electron chi connectivity index (χ3n) is 5.41. The molecule has 2 fully saturated rings. The number of carboxylic acid groups (broad SMARTS) is 1. The van der Waals surface area contributed by atoms with Crippen molar-refractivity contribution in [1.82, 2.24) is 5.32 Å². The number of aliphatic hydroxyl groups is 1. The highest BCUT2D eigenvalue weighted by atomic mass is 16.4. The van der Waals surface area contributed by atoms with E-state index < -0.39 is 11.6 Å². The number of hydrogen-bond donors (Lipinski definition) is 3. The van der Waals surface area contributed by atoms with Crippen molar-refractivity contribution in [3.63, 3.8) is 0 Å². The molecule has 0 aliphatic heterocycles. The van der Waals surface area contributed by atoms with Crippen LogP contribution >= 0.6 is 0 Å². The molecule has 0 bridgehead atoms. The van der Waals surface area contributed by atoms with Gasteiger partial charge in [0.1, 0.15) is 0 Å². The number of aliphatic carboxylic acids is 1. The van der Waals surface area contributed by atoms with Crippen molar-refractivity contribution in [3.05, 3.63) is 0 Å². The van der Waals surface area contributed by atoms with Gasteiger partial charge in [-0.25, -0.2) is 0 Å². The minimum Gasteiger partial charge on any atom is -0.481 e. The quantitative estimate of drug-likeness (QED) is 0.725. The number of carbonyl (C=O) groups is 1. The summed E-state index contributed by atoms with van der Waals surface area (Å²) in [5, 5.41) is 23.1. The molecule has 0 radical (unpaired) electrons. The van der Waals surface area contributed by atoms with Crippen LogP contribution in [0.4, 0.5) is 0 Å². The Kier molecular flexibility index (Phi) is 5.44. The molecule has 2 aliphatic rings. The molecule has 20 heavy (non-hydrogen) atoms. The zero-order valence-electron chi connectivity index (χ0n) is 12.6. The van der Waals surface area contributed by atoms with Crippen molar-refractivity contribution in [1.29, 1.82) is 0 Å². The second-order valence-corrected chi connectivity index (χ2v) is 6.84. The highest BCUT2D eigenvalue weighted by Crippen LogP contribution is 2.32. The van der Waals surface area contributed by atoms with Gasteiger partial charge in [0.25, 0.3) is 0 Å². The van der Waals surface area contributed by atoms with Gasteiger partial charge < -0.3 is 15.5 Å². The largest absolute Gasteiger partial charge is 0.481 e. The van der Waals surface area contributed by atoms with Crippen LogP contribution in [0.3, 0.4) is 0 Å². The lowest BCUT2D eigenvalue weighted by Gasteiger charge is -2.37. The summed E-state index contributed by atoms with van der Waals surface area (Å²) in [6.45, 7) is 2.89. The summed E-state index contributed by atoms with van der Waals surface area (Å²) in [5.41, 5.74) is -0.687. The van der Waals surface area contributed by atoms with Gasteiger partial charge in [-0.05, 0) is 57.3 Å². The van der Waals surface area contributed by atoms with Crippen LogP contribution in [0.1, 0.15) is 64.7 Å². The topological polar surface area (TPSA) is 69.6 Å². The van der Waals surface area contributed by atoms with Crippen LogP contribution in [0.2, 0.25) is 0 Å². The van der Waals surface area contributed by atoms with Gasteiger partial charge in [-0.15, -0.1) is 0 Å². The van der Waals surface area contributed by atoms with E-state index in [1.165, 1.54) is 32.1 Å². The van der Waals surface area contributed by atoms with Crippen molar-refractivity contribution in [3.8, 4) is 0 Å². The molecule has 0 heterocycles. The average Bonchev–Trinajstić information content (AvgIpc) is 2.46. The minimum atomic E-state index is -0.710. The van der Waals surface area contributed by atoms with E-state index in [2.05, 4.69) is 12.2 Å². The van der Waals surface area contributed by atoms with Crippen molar-refractivity contribution in [2.24, 2.45) is 11.8 Å². The maximum Gasteiger partial charge on any atom is 0.306 e. The van der Waals surface area contributed by atoms with Crippen molar-refractivity contribution in [2.45, 2.75) is 76.4 Å². The van der Waals surface area contributed by atoms with Gasteiger partial charge in [0.05, 0.1) is 11.5 Å². The normalized spacial score (nSPS) is 38.6. The van der Waals surface area contributed by atoms with Crippen LogP contribution in [-0.4, -0.2) is 34.4 Å². The molecular formula is C16H29NO3. The molecule has 4 nitrogen and oxygen atoms in total. The van der Waals surface area contributed by atoms with Gasteiger partial charge in [0.2, 0.25) is 0 Å². The standard InChI is InChI=1S/C16H29NO3/c1-2-12-3-5-14(6-4-12)17-11-16(20)9-7-13(8-10-16)15(18)19/h12-14,17,20H,2-11H2,1H3,(H,18,19). The van der Waals surface area contributed by atoms with Gasteiger partial charge in [-0.3, -0.25) is 4.79 Å². The highest BCUT2D eigenvalue weighted by Gasteiger charge is 2.36. The molecule has 0 saturated heterocycles. The molecule has 0 aromatic carbocycles. The molecule has 4 heteroatoms. The summed E-state index contributed by atoms with van der Waals surface area (Å²) in [4.78, 5) is 10.9. The molecular weight excluding hydrogens is 254 g/mol. The maximum atomic E-state index is 10.9. The second-order valence-electron chi connectivity index (χ2n) is 6.84. The summed E-state index contributed by atoms with van der Waals surface area (Å²) in [6.07, 6.45) is 8.75. The Bertz CT molecular complexity index is 316. The maximum absolute atomic E-state index is 10.9. The van der Waals surface area contributed by atoms with Gasteiger partial charge in [-0.1, -0.05) is 13.3 Å². The third kappa shape index (κ3) is 4.19. The molecule has 0 amide bonds. The SMILES string of the molecule is CCC1CCC(NCC2(O)CCC(C(=O)O)CC2)CC1. The molecule has 2 saturated carbocycles. The monoisotopic (exact) mass is 283 g/mol. The molecule has 3 N–H and O–H groups in total. The molecule has 0 atom stereocenters. The van der Waals surface area contributed by atoms with Crippen LogP contribution in [0.5, 0.6) is 0 Å². The summed E-state index contributed by atoms with van der Waals surface area (Å²) < 4.78 is 0. The predicted molar refractivity (Wildman–Crippen MR) is 78.6 cm³/mol. The Labute approximate surface area is 122 Å². The molecule has 0 aromatic heterocycles. The smallest absolute Gasteiger partial charge is 0.306 e. The average molecular weight is 283 g/mol. The molecule has 2 rings (SSSR count). The van der Waals surface area contributed by atoms with Gasteiger partial charge in [-0.2, -0.15) is 0 Å². The number of rotatable bonds is 5. The Morgan fingerprint density at radius 3 is 2.25 bits per heavy atom. The van der Waals surface area contributed by atoms with E-state index in [9.17, 15) is 9.90 Å². The molecule has 0 unspecified atom stereocenters. The Morgan fingerprint density at radius 1 is 1.15 bits per heavy atom. The van der Waals surface area contributed by atoms with Crippen LogP contribution in [0.15, 0.2) is 0 Å². The fourth-order valence-electron chi connectivity index (χ4n) is 3.69. The first-order valence-electron chi connectivity index (χ1n) is 8.21. The van der Waals surface area contributed by atoms with Gasteiger partial charge in [0, 0.05) is 12.6 Å². The lowest BCUT2D eigenvalue weighted by molar-refractivity contribution is -0.144. The first-order chi connectivity index (χ1) is 9.52. The van der Waals surface area contributed by atoms with E-state index in [0.29, 0.717) is 38.3 Å². The van der Waals surface area contributed by atoms with E-state index in [1.807, 2.05) is 0 Å². The summed E-state index contributed by atoms with van der Waals surface area (Å²) in [6, 6.07) is 0.541. The first kappa shape index (κ1) is 15.8. The fraction of sp³-hybridized carbons (Fsp3) is 0.938. The zero-order valence-corrected chi connectivity index (χ0v) is 12.6. The molecule has 2 aliphatic carbocycles. The summed E-state index contributed by atoms with van der Waals surface area (Å²) in [7, 11) is 0. The highest BCUT2D eigenvalue weighted by molar-refractivity contribution is 5.70. The number of nitrogens with one attached hydrogen (secondary N) is 1. The number of hydrogen-bond acceptors (Lipinski definition) is 3. The van der Waals surface area contributed by atoms with Crippen LogP contribution < -0.4 is 5.32 Å². The van der Waals surface area contributed by atoms with E-state index in [4.69, 9.17) is 5.11 Å². The van der Waals surface area contributed by atoms with E-state index in [0.717, 1.165) is 5.92 Å². The lowest BCUT2D eigenvalue weighted by atomic mass is 9.78. The van der Waals surface area contributed by atoms with E-state index in [-0.39, 0.29) is 5.92 Å². The van der Waals surface area contributed by atoms with Crippen LogP contribution in [0, 0.1) is 11.8 Å². The molecule has 116 valence electrons. The third-order valence-corrected chi connectivity index (χ3v) is 5.41. The Balaban J connectivity index is 1.70. The van der Waals surface area contributed by atoms with Crippen LogP contribution in [0.25, 0.3) is 0 Å². The van der Waals surface area contributed by atoms with Gasteiger partial charge >= 0.3 is 5.97 Å². The molecule has 0 spiro atoms. The van der Waals surface area contributed by atoms with E-state index in [1.54, 1.807) is 0 Å². The lowest BCUT2D eigenvalue weighted by Crippen LogP contribution is -2.48. The second kappa shape index (κ2) is 6.90. The summed E-state index contributed by atoms with van der Waals surface area (Å²) in [5.74, 6) is -0.0738. The Morgan fingerprint density at radius 2 is 1.75 bits per heavy atom. The van der Waals surface area contributed by atoms with E-state index >= 15 is 0 Å². The van der Waals surface area contributed by atoms with Crippen molar-refractivity contribution < 1.29 is 15.0 Å².